The second-order valence-corrected chi connectivity index (χ2v) is 8.46. The van der Waals surface area contributed by atoms with Crippen molar-refractivity contribution in [3.8, 4) is 0 Å². The molecule has 0 saturated heterocycles. The molecule has 0 N–H and O–H groups in total. The lowest BCUT2D eigenvalue weighted by molar-refractivity contribution is -0.152. The van der Waals surface area contributed by atoms with Crippen LogP contribution in [0.25, 0.3) is 0 Å². The van der Waals surface area contributed by atoms with Gasteiger partial charge in [-0.1, -0.05) is 64.7 Å². The SMILES string of the molecule is CCCCCCCCCC[C@H]1CCC(=O)[C@@H]1CCCCC(=O)C(F)C(=O)OCC. The molecule has 0 radical (unpaired) electrons. The van der Waals surface area contributed by atoms with E-state index in [1.165, 1.54) is 51.4 Å². The summed E-state index contributed by atoms with van der Waals surface area (Å²) in [4.78, 5) is 35.2. The summed E-state index contributed by atoms with van der Waals surface area (Å²) in [5, 5.41) is 0. The van der Waals surface area contributed by atoms with Gasteiger partial charge in [-0.2, -0.15) is 0 Å². The van der Waals surface area contributed by atoms with E-state index in [1.54, 1.807) is 6.92 Å². The van der Waals surface area contributed by atoms with E-state index in [0.717, 1.165) is 25.7 Å². The standard InChI is InChI=1S/C24H41FO4/c1-3-5-6-7-8-9-10-11-14-19-17-18-21(26)20(19)15-12-13-16-22(27)23(25)24(28)29-4-2/h19-20,23H,3-18H2,1-2H3/t19-,20+,23?/m0/s1. The van der Waals surface area contributed by atoms with Crippen LogP contribution in [-0.2, 0) is 19.1 Å². The molecule has 0 heterocycles. The van der Waals surface area contributed by atoms with E-state index >= 15 is 0 Å². The Kier molecular flexibility index (Phi) is 13.8. The Morgan fingerprint density at radius 2 is 1.59 bits per heavy atom. The number of unbranched alkanes of at least 4 members (excludes halogenated alkanes) is 8. The van der Waals surface area contributed by atoms with Crippen molar-refractivity contribution >= 4 is 17.5 Å². The first-order chi connectivity index (χ1) is 14.0. The van der Waals surface area contributed by atoms with E-state index in [-0.39, 0.29) is 18.9 Å². The van der Waals surface area contributed by atoms with Crippen LogP contribution in [0.1, 0.15) is 110 Å². The number of Topliss-reactive ketones (excluding diaryl/α,β-unsaturated/α-hetero) is 2. The van der Waals surface area contributed by atoms with Gasteiger partial charge in [-0.15, -0.1) is 0 Å². The predicted molar refractivity (Wildman–Crippen MR) is 113 cm³/mol. The molecule has 1 saturated carbocycles. The summed E-state index contributed by atoms with van der Waals surface area (Å²) in [6.07, 6.45) is 13.1. The molecule has 0 aliphatic heterocycles. The van der Waals surface area contributed by atoms with E-state index in [1.807, 2.05) is 0 Å². The van der Waals surface area contributed by atoms with Crippen molar-refractivity contribution in [2.45, 2.75) is 116 Å². The topological polar surface area (TPSA) is 60.4 Å². The minimum atomic E-state index is -2.17. The molecule has 1 aliphatic rings. The molecule has 29 heavy (non-hydrogen) atoms. The molecule has 4 nitrogen and oxygen atoms in total. The molecule has 1 unspecified atom stereocenters. The Hall–Kier alpha value is -1.26. The van der Waals surface area contributed by atoms with Crippen LogP contribution in [0.3, 0.4) is 0 Å². The van der Waals surface area contributed by atoms with Crippen LogP contribution >= 0.6 is 0 Å². The summed E-state index contributed by atoms with van der Waals surface area (Å²) in [6.45, 7) is 3.88. The molecular weight excluding hydrogens is 371 g/mol. The fourth-order valence-electron chi connectivity index (χ4n) is 4.40. The van der Waals surface area contributed by atoms with Crippen molar-refractivity contribution < 1.29 is 23.5 Å². The third-order valence-electron chi connectivity index (χ3n) is 6.14. The van der Waals surface area contributed by atoms with Crippen LogP contribution in [0.2, 0.25) is 0 Å². The summed E-state index contributed by atoms with van der Waals surface area (Å²) in [6, 6.07) is 0. The number of rotatable bonds is 17. The van der Waals surface area contributed by atoms with Crippen molar-refractivity contribution in [2.75, 3.05) is 6.61 Å². The minimum absolute atomic E-state index is 0.0313. The van der Waals surface area contributed by atoms with Crippen LogP contribution < -0.4 is 0 Å². The van der Waals surface area contributed by atoms with Gasteiger partial charge in [0.25, 0.3) is 6.17 Å². The third-order valence-corrected chi connectivity index (χ3v) is 6.14. The average Bonchev–Trinajstić information content (AvgIpc) is 3.06. The molecule has 5 heteroatoms. The Morgan fingerprint density at radius 1 is 0.966 bits per heavy atom. The van der Waals surface area contributed by atoms with Gasteiger partial charge in [0.1, 0.15) is 5.78 Å². The van der Waals surface area contributed by atoms with Gasteiger partial charge in [-0.05, 0) is 38.5 Å². The van der Waals surface area contributed by atoms with Crippen molar-refractivity contribution in [1.29, 1.82) is 0 Å². The minimum Gasteiger partial charge on any atom is -0.463 e. The number of carbonyl (C=O) groups excluding carboxylic acids is 3. The first kappa shape index (κ1) is 25.8. The Morgan fingerprint density at radius 3 is 2.24 bits per heavy atom. The third kappa shape index (κ3) is 10.4. The van der Waals surface area contributed by atoms with E-state index in [9.17, 15) is 18.8 Å². The van der Waals surface area contributed by atoms with Gasteiger partial charge in [0, 0.05) is 18.8 Å². The van der Waals surface area contributed by atoms with Gasteiger partial charge >= 0.3 is 5.97 Å². The Labute approximate surface area is 176 Å². The molecule has 168 valence electrons. The fourth-order valence-corrected chi connectivity index (χ4v) is 4.40. The zero-order valence-corrected chi connectivity index (χ0v) is 18.6. The summed E-state index contributed by atoms with van der Waals surface area (Å²) >= 11 is 0. The maximum Gasteiger partial charge on any atom is 0.348 e. The zero-order chi connectivity index (χ0) is 21.5. The van der Waals surface area contributed by atoms with Crippen molar-refractivity contribution in [3.63, 3.8) is 0 Å². The van der Waals surface area contributed by atoms with E-state index in [0.29, 0.717) is 24.5 Å². The van der Waals surface area contributed by atoms with E-state index in [2.05, 4.69) is 11.7 Å². The van der Waals surface area contributed by atoms with Crippen LogP contribution in [0.4, 0.5) is 4.39 Å². The molecule has 0 amide bonds. The lowest BCUT2D eigenvalue weighted by Gasteiger charge is -2.18. The van der Waals surface area contributed by atoms with Gasteiger partial charge in [-0.3, -0.25) is 9.59 Å². The lowest BCUT2D eigenvalue weighted by atomic mass is 9.86. The van der Waals surface area contributed by atoms with Gasteiger partial charge in [0.15, 0.2) is 5.78 Å². The Balaban J connectivity index is 2.19. The second-order valence-electron chi connectivity index (χ2n) is 8.46. The predicted octanol–water partition coefficient (Wildman–Crippen LogP) is 6.14. The van der Waals surface area contributed by atoms with Gasteiger partial charge in [-0.25, -0.2) is 9.18 Å². The molecule has 3 atom stereocenters. The number of esters is 1. The van der Waals surface area contributed by atoms with Crippen LogP contribution in [0.5, 0.6) is 0 Å². The second kappa shape index (κ2) is 15.6. The number of ketones is 2. The van der Waals surface area contributed by atoms with Gasteiger partial charge < -0.3 is 4.74 Å². The Bertz CT molecular complexity index is 491. The molecule has 0 aromatic carbocycles. The molecule has 0 spiro atoms. The smallest absolute Gasteiger partial charge is 0.348 e. The van der Waals surface area contributed by atoms with Crippen LogP contribution in [0.15, 0.2) is 0 Å². The molecule has 1 aliphatic carbocycles. The first-order valence-electron chi connectivity index (χ1n) is 11.9. The lowest BCUT2D eigenvalue weighted by Crippen LogP contribution is -2.27. The molecular formula is C24H41FO4. The summed E-state index contributed by atoms with van der Waals surface area (Å²) in [5.41, 5.74) is 0. The maximum atomic E-state index is 13.6. The number of alkyl halides is 1. The maximum absolute atomic E-state index is 13.6. The van der Waals surface area contributed by atoms with Crippen LogP contribution in [-0.4, -0.2) is 30.3 Å². The molecule has 0 aromatic rings. The zero-order valence-electron chi connectivity index (χ0n) is 18.6. The van der Waals surface area contributed by atoms with E-state index < -0.39 is 17.9 Å². The van der Waals surface area contributed by atoms with Crippen molar-refractivity contribution in [3.05, 3.63) is 0 Å². The van der Waals surface area contributed by atoms with Gasteiger partial charge in [0.2, 0.25) is 0 Å². The van der Waals surface area contributed by atoms with E-state index in [4.69, 9.17) is 0 Å². The molecule has 1 fully saturated rings. The fraction of sp³-hybridized carbons (Fsp3) is 0.875. The molecule has 0 aromatic heterocycles. The number of hydrogen-bond acceptors (Lipinski definition) is 4. The quantitative estimate of drug-likeness (QED) is 0.163. The monoisotopic (exact) mass is 412 g/mol. The average molecular weight is 413 g/mol. The summed E-state index contributed by atoms with van der Waals surface area (Å²) in [7, 11) is 0. The summed E-state index contributed by atoms with van der Waals surface area (Å²) in [5.74, 6) is -0.853. The largest absolute Gasteiger partial charge is 0.463 e. The number of hydrogen-bond donors (Lipinski definition) is 0. The number of halogens is 1. The number of carbonyl (C=O) groups is 3. The highest BCUT2D eigenvalue weighted by molar-refractivity contribution is 6.01. The van der Waals surface area contributed by atoms with Crippen LogP contribution in [0, 0.1) is 11.8 Å². The molecule has 0 bridgehead atoms. The summed E-state index contributed by atoms with van der Waals surface area (Å²) < 4.78 is 18.2. The number of ether oxygens (including phenoxy) is 1. The van der Waals surface area contributed by atoms with Crippen molar-refractivity contribution in [1.82, 2.24) is 0 Å². The first-order valence-corrected chi connectivity index (χ1v) is 11.9. The normalized spacial score (nSPS) is 20.0. The highest BCUT2D eigenvalue weighted by Gasteiger charge is 2.33. The highest BCUT2D eigenvalue weighted by Crippen LogP contribution is 2.36. The highest BCUT2D eigenvalue weighted by atomic mass is 19.1. The molecule has 1 rings (SSSR count). The van der Waals surface area contributed by atoms with Crippen molar-refractivity contribution in [2.24, 2.45) is 11.8 Å². The van der Waals surface area contributed by atoms with Gasteiger partial charge in [0.05, 0.1) is 6.61 Å².